The lowest BCUT2D eigenvalue weighted by Gasteiger charge is -2.29. The Morgan fingerprint density at radius 2 is 1.74 bits per heavy atom. The number of hydrogen-bond acceptors (Lipinski definition) is 8. The Labute approximate surface area is 290 Å². The fourth-order valence-corrected chi connectivity index (χ4v) is 7.68. The van der Waals surface area contributed by atoms with Crippen LogP contribution in [0.15, 0.2) is 78.2 Å². The van der Waals surface area contributed by atoms with Gasteiger partial charge in [0.15, 0.2) is 5.82 Å². The molecule has 2 aromatic heterocycles. The molecule has 254 valence electrons. The Morgan fingerprint density at radius 3 is 2.46 bits per heavy atom. The Hall–Kier alpha value is -5.49. The van der Waals surface area contributed by atoms with Gasteiger partial charge in [-0.3, -0.25) is 33.9 Å². The molecule has 0 aliphatic carbocycles. The van der Waals surface area contributed by atoms with E-state index in [0.717, 1.165) is 65.0 Å². The molecule has 6 heterocycles. The molecule has 4 aromatic rings. The third-order valence-electron chi connectivity index (χ3n) is 10.5. The lowest BCUT2D eigenvalue weighted by molar-refractivity contribution is -0.132. The molecular formula is C38H39N9O3. The van der Waals surface area contributed by atoms with Crippen LogP contribution in [-0.2, 0) is 23.2 Å². The zero-order chi connectivity index (χ0) is 34.4. The molecule has 2 aromatic carbocycles. The van der Waals surface area contributed by atoms with E-state index in [-0.39, 0.29) is 17.7 Å². The fourth-order valence-electron chi connectivity index (χ4n) is 7.68. The Kier molecular flexibility index (Phi) is 8.10. The maximum atomic E-state index is 14.0. The van der Waals surface area contributed by atoms with E-state index in [2.05, 4.69) is 55.6 Å². The van der Waals surface area contributed by atoms with Gasteiger partial charge < -0.3 is 15.1 Å². The number of anilines is 1. The highest BCUT2D eigenvalue weighted by Gasteiger charge is 2.51. The minimum Gasteiger partial charge on any atom is -0.354 e. The van der Waals surface area contributed by atoms with Gasteiger partial charge in [0, 0.05) is 68.8 Å². The molecule has 2 fully saturated rings. The van der Waals surface area contributed by atoms with Crippen LogP contribution < -0.4 is 10.2 Å². The molecule has 0 radical (unpaired) electrons. The molecule has 12 nitrogen and oxygen atoms in total. The molecule has 1 atom stereocenters. The van der Waals surface area contributed by atoms with Crippen molar-refractivity contribution >= 4 is 34.7 Å². The van der Waals surface area contributed by atoms with Gasteiger partial charge >= 0.3 is 0 Å². The van der Waals surface area contributed by atoms with Crippen molar-refractivity contribution in [2.75, 3.05) is 51.2 Å². The summed E-state index contributed by atoms with van der Waals surface area (Å²) < 4.78 is 1.69. The number of hydrogen-bond donors (Lipinski definition) is 1. The summed E-state index contributed by atoms with van der Waals surface area (Å²) in [5, 5.41) is 6.97. The lowest BCUT2D eigenvalue weighted by Crippen LogP contribution is -2.43. The van der Waals surface area contributed by atoms with Gasteiger partial charge in [0.05, 0.1) is 24.2 Å². The second-order valence-electron chi connectivity index (χ2n) is 13.6. The summed E-state index contributed by atoms with van der Waals surface area (Å²) in [6.45, 7) is 4.13. The van der Waals surface area contributed by atoms with Crippen molar-refractivity contribution in [1.29, 1.82) is 0 Å². The van der Waals surface area contributed by atoms with E-state index in [1.807, 2.05) is 41.1 Å². The highest BCUT2D eigenvalue weighted by molar-refractivity contribution is 6.16. The average molecular weight is 670 g/mol. The van der Waals surface area contributed by atoms with E-state index >= 15 is 0 Å². The highest BCUT2D eigenvalue weighted by atomic mass is 16.2. The van der Waals surface area contributed by atoms with Crippen molar-refractivity contribution in [2.45, 2.75) is 25.8 Å². The summed E-state index contributed by atoms with van der Waals surface area (Å²) in [5.74, 6) is 0.716. The summed E-state index contributed by atoms with van der Waals surface area (Å²) >= 11 is 0. The van der Waals surface area contributed by atoms with Gasteiger partial charge in [0.25, 0.3) is 5.91 Å². The molecule has 4 aliphatic rings. The predicted octanol–water partition coefficient (Wildman–Crippen LogP) is 3.33. The zero-order valence-corrected chi connectivity index (χ0v) is 28.3. The Morgan fingerprint density at radius 1 is 0.940 bits per heavy atom. The summed E-state index contributed by atoms with van der Waals surface area (Å²) in [5.41, 5.74) is 7.86. The van der Waals surface area contributed by atoms with Crippen LogP contribution in [0.3, 0.4) is 0 Å². The molecule has 0 saturated carbocycles. The summed E-state index contributed by atoms with van der Waals surface area (Å²) in [4.78, 5) is 58.8. The molecule has 8 rings (SSSR count). The number of aliphatic imine (C=N–C) groups is 1. The number of carbonyl (C=O) groups excluding carboxylic acids is 3. The molecule has 4 aliphatic heterocycles. The van der Waals surface area contributed by atoms with Crippen molar-refractivity contribution in [2.24, 2.45) is 17.5 Å². The average Bonchev–Trinajstić information content (AvgIpc) is 3.95. The Bertz CT molecular complexity index is 2050. The topological polar surface area (TPSA) is 129 Å². The first kappa shape index (κ1) is 31.8. The van der Waals surface area contributed by atoms with Crippen LogP contribution in [0.1, 0.15) is 52.0 Å². The number of benzene rings is 2. The summed E-state index contributed by atoms with van der Waals surface area (Å²) in [6, 6.07) is 18.0. The largest absolute Gasteiger partial charge is 0.354 e. The van der Waals surface area contributed by atoms with E-state index in [4.69, 9.17) is 4.99 Å². The van der Waals surface area contributed by atoms with E-state index in [0.29, 0.717) is 50.8 Å². The van der Waals surface area contributed by atoms with Crippen LogP contribution in [0.2, 0.25) is 0 Å². The normalized spacial score (nSPS) is 20.3. The van der Waals surface area contributed by atoms with Gasteiger partial charge in [-0.2, -0.15) is 5.10 Å². The minimum atomic E-state index is -0.470. The zero-order valence-electron chi connectivity index (χ0n) is 28.3. The number of fused-ring (bicyclic) bond motifs is 1. The third kappa shape index (κ3) is 5.79. The van der Waals surface area contributed by atoms with Gasteiger partial charge in [0.2, 0.25) is 11.8 Å². The van der Waals surface area contributed by atoms with Crippen LogP contribution in [0.4, 0.5) is 5.69 Å². The molecule has 0 unspecified atom stereocenters. The lowest BCUT2D eigenvalue weighted by atomic mass is 9.85. The second-order valence-corrected chi connectivity index (χ2v) is 13.6. The molecular weight excluding hydrogens is 630 g/mol. The van der Waals surface area contributed by atoms with Crippen LogP contribution in [0.25, 0.3) is 17.0 Å². The summed E-state index contributed by atoms with van der Waals surface area (Å²) in [7, 11) is 3.44. The van der Waals surface area contributed by atoms with Gasteiger partial charge in [-0.05, 0) is 66.8 Å². The number of rotatable bonds is 7. The maximum Gasteiger partial charge on any atom is 0.269 e. The first-order valence-electron chi connectivity index (χ1n) is 17.1. The summed E-state index contributed by atoms with van der Waals surface area (Å²) in [6.07, 6.45) is 7.85. The van der Waals surface area contributed by atoms with Crippen LogP contribution in [-0.4, -0.2) is 99.3 Å². The van der Waals surface area contributed by atoms with Crippen molar-refractivity contribution in [3.8, 4) is 11.4 Å². The standard InChI is InChI=1S/C38H39N9O3/c1-39-36(49)32-10-8-29(21-40-32)34-31-19-30(9-7-28(31)20-41-34)47-18-14-38(37(47)50)13-17-45(23-38)22-33(48)46-15-11-26(12-16-46)25-3-5-27(6-4-25)35-42-24-44(2)43-35/h3-11,19,21,24H,12-18,20,22-23H2,1-2H3,(H,39,49)/t38-/m0/s1. The van der Waals surface area contributed by atoms with Crippen molar-refractivity contribution < 1.29 is 14.4 Å². The number of aryl methyl sites for hydroxylation is 1. The molecule has 50 heavy (non-hydrogen) atoms. The predicted molar refractivity (Wildman–Crippen MR) is 189 cm³/mol. The molecule has 1 N–H and O–H groups in total. The first-order chi connectivity index (χ1) is 24.3. The van der Waals surface area contributed by atoms with Crippen molar-refractivity contribution in [3.05, 3.63) is 101 Å². The van der Waals surface area contributed by atoms with E-state index < -0.39 is 5.41 Å². The van der Waals surface area contributed by atoms with Gasteiger partial charge in [0.1, 0.15) is 12.0 Å². The number of amides is 3. The maximum absolute atomic E-state index is 14.0. The van der Waals surface area contributed by atoms with Crippen LogP contribution in [0.5, 0.6) is 0 Å². The van der Waals surface area contributed by atoms with Crippen molar-refractivity contribution in [1.82, 2.24) is 34.9 Å². The van der Waals surface area contributed by atoms with E-state index in [1.165, 1.54) is 5.57 Å². The smallest absolute Gasteiger partial charge is 0.269 e. The number of likely N-dealkylation sites (tertiary alicyclic amines) is 1. The second kappa shape index (κ2) is 12.8. The number of aromatic nitrogens is 4. The van der Waals surface area contributed by atoms with Crippen LogP contribution in [0, 0.1) is 5.41 Å². The van der Waals surface area contributed by atoms with Gasteiger partial charge in [-0.25, -0.2) is 4.98 Å². The molecule has 0 bridgehead atoms. The third-order valence-corrected chi connectivity index (χ3v) is 10.5. The molecule has 1 spiro atoms. The quantitative estimate of drug-likeness (QED) is 0.320. The number of nitrogens with zero attached hydrogens (tertiary/aromatic N) is 8. The number of carbonyl (C=O) groups is 3. The Balaban J connectivity index is 0.880. The van der Waals surface area contributed by atoms with Gasteiger partial charge in [-0.15, -0.1) is 0 Å². The van der Waals surface area contributed by atoms with E-state index in [9.17, 15) is 14.4 Å². The molecule has 12 heteroatoms. The van der Waals surface area contributed by atoms with E-state index in [1.54, 1.807) is 30.3 Å². The minimum absolute atomic E-state index is 0.111. The fraction of sp³-hybridized carbons (Fsp3) is 0.342. The highest BCUT2D eigenvalue weighted by Crippen LogP contribution is 2.43. The SMILES string of the molecule is CNC(=O)c1ccc(C2=NCc3ccc(N4CC[C@]5(CCN(CC(=O)N6CC=C(c7ccc(-c8ncn(C)n8)cc7)CC6)C5)C4=O)cc32)cn1. The monoisotopic (exact) mass is 669 g/mol. The molecule has 2 saturated heterocycles. The van der Waals surface area contributed by atoms with Crippen LogP contribution >= 0.6 is 0 Å². The molecule has 3 amide bonds. The number of pyridine rings is 1. The van der Waals surface area contributed by atoms with Gasteiger partial charge in [-0.1, -0.05) is 36.4 Å². The first-order valence-corrected chi connectivity index (χ1v) is 17.1. The number of nitrogens with one attached hydrogen (secondary N) is 1. The van der Waals surface area contributed by atoms with Crippen molar-refractivity contribution in [3.63, 3.8) is 0 Å².